The summed E-state index contributed by atoms with van der Waals surface area (Å²) in [6, 6.07) is 92.6. The Labute approximate surface area is 399 Å². The zero-order chi connectivity index (χ0) is 45.4. The van der Waals surface area contributed by atoms with Crippen molar-refractivity contribution in [2.24, 2.45) is 0 Å². The summed E-state index contributed by atoms with van der Waals surface area (Å²) in [5.41, 5.74) is 15.3. The fraction of sp³-hybridized carbons (Fsp3) is 0. The van der Waals surface area contributed by atoms with E-state index in [1.165, 1.54) is 54.3 Å². The van der Waals surface area contributed by atoms with E-state index in [1.807, 2.05) is 0 Å². The molecular formula is C66H42N2O. The number of aromatic nitrogens is 1. The van der Waals surface area contributed by atoms with E-state index in [0.717, 1.165) is 77.9 Å². The summed E-state index contributed by atoms with van der Waals surface area (Å²) in [5, 5.41) is 12.0. The van der Waals surface area contributed by atoms with E-state index >= 15 is 0 Å². The first kappa shape index (κ1) is 39.0. The first-order chi connectivity index (χ1) is 34.2. The number of fused-ring (bicyclic) bond motifs is 11. The van der Waals surface area contributed by atoms with Gasteiger partial charge in [-0.2, -0.15) is 0 Å². The van der Waals surface area contributed by atoms with Crippen LogP contribution in [0.5, 0.6) is 0 Å². The molecular weight excluding hydrogens is 837 g/mol. The summed E-state index contributed by atoms with van der Waals surface area (Å²) in [5.74, 6) is 0. The number of furan rings is 1. The van der Waals surface area contributed by atoms with E-state index < -0.39 is 0 Å². The molecule has 0 aliphatic heterocycles. The largest absolute Gasteiger partial charge is 0.455 e. The van der Waals surface area contributed by atoms with Gasteiger partial charge in [0, 0.05) is 55.6 Å². The average molecular weight is 879 g/mol. The highest BCUT2D eigenvalue weighted by molar-refractivity contribution is 6.16. The monoisotopic (exact) mass is 878 g/mol. The molecule has 3 nitrogen and oxygen atoms in total. The molecule has 2 aromatic heterocycles. The van der Waals surface area contributed by atoms with Gasteiger partial charge in [0.15, 0.2) is 0 Å². The molecule has 0 spiro atoms. The van der Waals surface area contributed by atoms with Gasteiger partial charge in [-0.25, -0.2) is 0 Å². The summed E-state index contributed by atoms with van der Waals surface area (Å²) < 4.78 is 9.21. The third kappa shape index (κ3) is 6.43. The molecule has 0 atom stereocenters. The van der Waals surface area contributed by atoms with Crippen LogP contribution in [-0.4, -0.2) is 4.57 Å². The third-order valence-corrected chi connectivity index (χ3v) is 14.2. The lowest BCUT2D eigenvalue weighted by atomic mass is 9.93. The second-order valence-electron chi connectivity index (χ2n) is 18.1. The van der Waals surface area contributed by atoms with Crippen LogP contribution in [0.2, 0.25) is 0 Å². The van der Waals surface area contributed by atoms with Gasteiger partial charge in [0.05, 0.1) is 16.7 Å². The second kappa shape index (κ2) is 15.7. The van der Waals surface area contributed by atoms with Gasteiger partial charge in [-0.05, 0) is 128 Å². The smallest absolute Gasteiger partial charge is 0.143 e. The van der Waals surface area contributed by atoms with Gasteiger partial charge in [0.25, 0.3) is 0 Å². The van der Waals surface area contributed by atoms with E-state index in [1.54, 1.807) is 0 Å². The summed E-state index contributed by atoms with van der Waals surface area (Å²) >= 11 is 0. The van der Waals surface area contributed by atoms with Gasteiger partial charge < -0.3 is 13.9 Å². The van der Waals surface area contributed by atoms with Crippen molar-refractivity contribution in [3.05, 3.63) is 255 Å². The molecule has 0 radical (unpaired) electrons. The number of hydrogen-bond donors (Lipinski definition) is 0. The van der Waals surface area contributed by atoms with Crippen molar-refractivity contribution in [1.29, 1.82) is 0 Å². The average Bonchev–Trinajstić information content (AvgIpc) is 3.97. The van der Waals surface area contributed by atoms with E-state index in [0.29, 0.717) is 0 Å². The van der Waals surface area contributed by atoms with Gasteiger partial charge in [-0.3, -0.25) is 0 Å². The van der Waals surface area contributed by atoms with Gasteiger partial charge in [-0.15, -0.1) is 0 Å². The van der Waals surface area contributed by atoms with Crippen LogP contribution in [0.4, 0.5) is 17.1 Å². The summed E-state index contributed by atoms with van der Waals surface area (Å²) in [4.78, 5) is 2.39. The second-order valence-corrected chi connectivity index (χ2v) is 18.1. The number of nitrogens with zero attached hydrogens (tertiary/aromatic N) is 2. The SMILES string of the molecule is c1ccc(-c2cc(-c3ccc4ccc5ccccc5c4c3)ccc2N(c2ccc(-c3cccc(-n4c5ccccc5c5ccccc54)c3)cc2)c2ccc3c(c2)oc2c4ccccc4ccc32)cc1. The van der Waals surface area contributed by atoms with Gasteiger partial charge in [0.2, 0.25) is 0 Å². The number of anilines is 3. The van der Waals surface area contributed by atoms with Crippen LogP contribution in [0.25, 0.3) is 115 Å². The molecule has 0 N–H and O–H groups in total. The van der Waals surface area contributed by atoms with Crippen molar-refractivity contribution in [2.75, 3.05) is 4.90 Å². The van der Waals surface area contributed by atoms with Crippen LogP contribution in [0.15, 0.2) is 259 Å². The standard InChI is InChI=1S/C66H42N2O/c1-2-13-44(14-3-1)61-41-50(49-28-27-47-26-25-45-15-4-6-19-54(45)60(47)40-49)32-38-64(61)67(53-35-37-58-59-36-31-46-16-5-7-20-55(46)66(59)69-65(58)42-53)51-33-29-43(30-34-51)48-17-12-18-52(39-48)68-62-23-10-8-21-56(62)57-22-9-11-24-63(57)68/h1-42H. The highest BCUT2D eigenvalue weighted by atomic mass is 16.3. The summed E-state index contributed by atoms with van der Waals surface area (Å²) in [6.45, 7) is 0. The Morgan fingerprint density at radius 1 is 0.304 bits per heavy atom. The van der Waals surface area contributed by atoms with Crippen molar-refractivity contribution < 1.29 is 4.42 Å². The predicted octanol–water partition coefficient (Wildman–Crippen LogP) is 18.6. The molecule has 12 aromatic carbocycles. The lowest BCUT2D eigenvalue weighted by Gasteiger charge is -2.28. The molecule has 0 aliphatic rings. The Morgan fingerprint density at radius 3 is 1.64 bits per heavy atom. The van der Waals surface area contributed by atoms with Crippen molar-refractivity contribution in [1.82, 2.24) is 4.57 Å². The molecule has 2 heterocycles. The maximum atomic E-state index is 6.83. The van der Waals surface area contributed by atoms with Crippen LogP contribution >= 0.6 is 0 Å². The molecule has 0 saturated heterocycles. The van der Waals surface area contributed by atoms with E-state index in [-0.39, 0.29) is 0 Å². The molecule has 0 amide bonds. The highest BCUT2D eigenvalue weighted by Crippen LogP contribution is 2.46. The molecule has 0 fully saturated rings. The Hall–Kier alpha value is -9.18. The molecule has 0 unspecified atom stereocenters. The minimum Gasteiger partial charge on any atom is -0.455 e. The fourth-order valence-corrected chi connectivity index (χ4v) is 10.8. The van der Waals surface area contributed by atoms with E-state index in [2.05, 4.69) is 264 Å². The lowest BCUT2D eigenvalue weighted by Crippen LogP contribution is -2.11. The minimum absolute atomic E-state index is 0.851. The summed E-state index contributed by atoms with van der Waals surface area (Å²) in [7, 11) is 0. The maximum absolute atomic E-state index is 6.83. The fourth-order valence-electron chi connectivity index (χ4n) is 10.8. The van der Waals surface area contributed by atoms with Crippen molar-refractivity contribution in [2.45, 2.75) is 0 Å². The van der Waals surface area contributed by atoms with Gasteiger partial charge >= 0.3 is 0 Å². The number of para-hydroxylation sites is 2. The quantitative estimate of drug-likeness (QED) is 0.149. The molecule has 322 valence electrons. The number of hydrogen-bond acceptors (Lipinski definition) is 2. The molecule has 0 saturated carbocycles. The van der Waals surface area contributed by atoms with E-state index in [4.69, 9.17) is 4.42 Å². The number of benzene rings is 12. The predicted molar refractivity (Wildman–Crippen MR) is 292 cm³/mol. The Morgan fingerprint density at radius 2 is 0.855 bits per heavy atom. The topological polar surface area (TPSA) is 21.3 Å². The van der Waals surface area contributed by atoms with Crippen LogP contribution in [0, 0.1) is 0 Å². The van der Waals surface area contributed by atoms with Crippen molar-refractivity contribution in [3.63, 3.8) is 0 Å². The molecule has 14 aromatic rings. The van der Waals surface area contributed by atoms with Crippen LogP contribution < -0.4 is 4.90 Å². The lowest BCUT2D eigenvalue weighted by molar-refractivity contribution is 0.672. The molecule has 0 aliphatic carbocycles. The van der Waals surface area contributed by atoms with Crippen LogP contribution in [0.1, 0.15) is 0 Å². The Bertz CT molecular complexity index is 4260. The first-order valence-electron chi connectivity index (χ1n) is 23.6. The molecule has 14 rings (SSSR count). The normalized spacial score (nSPS) is 11.8. The third-order valence-electron chi connectivity index (χ3n) is 14.2. The first-order valence-corrected chi connectivity index (χ1v) is 23.6. The highest BCUT2D eigenvalue weighted by Gasteiger charge is 2.21. The van der Waals surface area contributed by atoms with Crippen molar-refractivity contribution in [3.8, 4) is 39.1 Å². The Kier molecular flexibility index (Phi) is 8.90. The Balaban J connectivity index is 0.935. The van der Waals surface area contributed by atoms with Crippen LogP contribution in [-0.2, 0) is 0 Å². The molecule has 69 heavy (non-hydrogen) atoms. The summed E-state index contributed by atoms with van der Waals surface area (Å²) in [6.07, 6.45) is 0. The number of rotatable bonds is 7. The van der Waals surface area contributed by atoms with Crippen molar-refractivity contribution >= 4 is 93.1 Å². The zero-order valence-corrected chi connectivity index (χ0v) is 37.6. The van der Waals surface area contributed by atoms with Gasteiger partial charge in [0.1, 0.15) is 11.2 Å². The zero-order valence-electron chi connectivity index (χ0n) is 37.6. The van der Waals surface area contributed by atoms with Crippen LogP contribution in [0.3, 0.4) is 0 Å². The molecule has 3 heteroatoms. The molecule has 0 bridgehead atoms. The van der Waals surface area contributed by atoms with Gasteiger partial charge in [-0.1, -0.05) is 176 Å². The minimum atomic E-state index is 0.851. The van der Waals surface area contributed by atoms with E-state index in [9.17, 15) is 0 Å². The maximum Gasteiger partial charge on any atom is 0.143 e.